The number of halogens is 1. The zero-order chi connectivity index (χ0) is 31.6. The van der Waals surface area contributed by atoms with Crippen molar-refractivity contribution >= 4 is 51.1 Å². The van der Waals surface area contributed by atoms with Gasteiger partial charge in [0.25, 0.3) is 5.91 Å². The average Bonchev–Trinajstić information content (AvgIpc) is 3.60. The number of aliphatic hydroxyl groups excluding tert-OH is 1. The minimum absolute atomic E-state index is 0.0116. The molecule has 234 valence electrons. The number of nitrogens with zero attached hydrogens (tertiary/aromatic N) is 3. The summed E-state index contributed by atoms with van der Waals surface area (Å²) in [4.78, 5) is 49.1. The van der Waals surface area contributed by atoms with Gasteiger partial charge in [0.15, 0.2) is 0 Å². The molecule has 3 amide bonds. The van der Waals surface area contributed by atoms with Gasteiger partial charge in [0.1, 0.15) is 6.04 Å². The minimum atomic E-state index is -0.754. The molecule has 9 heteroatoms. The highest BCUT2D eigenvalue weighted by Crippen LogP contribution is 2.68. The molecule has 6 atom stereocenters. The van der Waals surface area contributed by atoms with Crippen LogP contribution in [0.5, 0.6) is 0 Å². The lowest BCUT2D eigenvalue weighted by Crippen LogP contribution is -2.56. The van der Waals surface area contributed by atoms with Crippen molar-refractivity contribution in [2.75, 3.05) is 31.1 Å². The molecule has 3 unspecified atom stereocenters. The summed E-state index contributed by atoms with van der Waals surface area (Å²) < 4.78 is -0.754. The number of benzene rings is 2. The number of alkyl halides is 1. The fourth-order valence-corrected chi connectivity index (χ4v) is 10.9. The number of unbranched alkanes of at least 4 members (excludes halogenated alkanes) is 1. The summed E-state index contributed by atoms with van der Waals surface area (Å²) in [6.45, 7) is 13.3. The van der Waals surface area contributed by atoms with Crippen molar-refractivity contribution in [1.29, 1.82) is 0 Å². The zero-order valence-electron chi connectivity index (χ0n) is 25.5. The summed E-state index contributed by atoms with van der Waals surface area (Å²) >= 11 is 5.54. The Labute approximate surface area is 273 Å². The number of fused-ring (bicyclic) bond motifs is 1. The van der Waals surface area contributed by atoms with E-state index < -0.39 is 22.6 Å². The van der Waals surface area contributed by atoms with Crippen LogP contribution in [0.4, 0.5) is 5.69 Å². The molecule has 3 heterocycles. The molecule has 5 rings (SSSR count). The van der Waals surface area contributed by atoms with Crippen LogP contribution in [0, 0.1) is 25.7 Å². The first-order chi connectivity index (χ1) is 21.2. The van der Waals surface area contributed by atoms with Gasteiger partial charge in [0, 0.05) is 48.6 Å². The van der Waals surface area contributed by atoms with Crippen LogP contribution in [0.2, 0.25) is 0 Å². The molecule has 2 bridgehead atoms. The van der Waals surface area contributed by atoms with Crippen molar-refractivity contribution in [1.82, 2.24) is 9.80 Å². The molecule has 7 nitrogen and oxygen atoms in total. The van der Waals surface area contributed by atoms with E-state index in [-0.39, 0.29) is 34.4 Å². The molecular weight excluding hydrogens is 638 g/mol. The summed E-state index contributed by atoms with van der Waals surface area (Å²) in [6.07, 6.45) is 5.16. The van der Waals surface area contributed by atoms with Gasteiger partial charge in [0.05, 0.1) is 16.6 Å². The highest BCUT2D eigenvalue weighted by atomic mass is 79.9. The van der Waals surface area contributed by atoms with Gasteiger partial charge in [-0.1, -0.05) is 70.5 Å². The number of anilines is 1. The van der Waals surface area contributed by atoms with E-state index in [1.807, 2.05) is 62.4 Å². The number of thioether (sulfide) groups is 1. The van der Waals surface area contributed by atoms with E-state index in [1.165, 1.54) is 0 Å². The van der Waals surface area contributed by atoms with Gasteiger partial charge >= 0.3 is 0 Å². The molecular formula is C35H42BrN3O4S. The predicted octanol–water partition coefficient (Wildman–Crippen LogP) is 5.27. The van der Waals surface area contributed by atoms with E-state index in [4.69, 9.17) is 0 Å². The Balaban J connectivity index is 1.56. The van der Waals surface area contributed by atoms with E-state index in [9.17, 15) is 19.5 Å². The molecule has 2 aromatic rings. The Hall–Kier alpha value is -2.88. The number of likely N-dealkylation sites (tertiary alicyclic amines) is 1. The first-order valence-electron chi connectivity index (χ1n) is 15.3. The molecule has 0 aliphatic carbocycles. The minimum Gasteiger partial charge on any atom is -0.396 e. The zero-order valence-corrected chi connectivity index (χ0v) is 27.9. The van der Waals surface area contributed by atoms with Gasteiger partial charge in [-0.2, -0.15) is 0 Å². The van der Waals surface area contributed by atoms with E-state index >= 15 is 0 Å². The van der Waals surface area contributed by atoms with Crippen molar-refractivity contribution in [2.24, 2.45) is 11.8 Å². The van der Waals surface area contributed by atoms with Crippen molar-refractivity contribution < 1.29 is 19.5 Å². The third-order valence-corrected chi connectivity index (χ3v) is 12.4. The van der Waals surface area contributed by atoms with Crippen LogP contribution in [0.3, 0.4) is 0 Å². The molecule has 1 spiro atoms. The van der Waals surface area contributed by atoms with E-state index in [0.717, 1.165) is 22.4 Å². The topological polar surface area (TPSA) is 81.2 Å². The number of aliphatic hydroxyl groups is 1. The third-order valence-electron chi connectivity index (χ3n) is 9.23. The molecule has 1 N–H and O–H groups in total. The van der Waals surface area contributed by atoms with Gasteiger partial charge in [-0.3, -0.25) is 14.4 Å². The average molecular weight is 681 g/mol. The smallest absolute Gasteiger partial charge is 0.251 e. The van der Waals surface area contributed by atoms with Gasteiger partial charge in [-0.05, 0) is 55.9 Å². The van der Waals surface area contributed by atoms with Crippen LogP contribution in [0.15, 0.2) is 73.8 Å². The Morgan fingerprint density at radius 1 is 1.09 bits per heavy atom. The maximum absolute atomic E-state index is 14.9. The molecule has 0 saturated carbocycles. The Bertz CT molecular complexity index is 1420. The number of carbonyl (C=O) groups excluding carboxylic acids is 3. The quantitative estimate of drug-likeness (QED) is 0.177. The SMILES string of the molecule is C=CCN(Cc1ccccc1)C(=O)[C@H]1[C@H]2C(=O)N(CCCCO)C(C(=O)N(CC=C)c3cc(C)ccc3C)C23CC(Br)[C@@H]1S3. The molecule has 3 aliphatic heterocycles. The molecule has 3 fully saturated rings. The largest absolute Gasteiger partial charge is 0.396 e. The normalized spacial score (nSPS) is 26.9. The highest BCUT2D eigenvalue weighted by Gasteiger charge is 2.76. The van der Waals surface area contributed by atoms with Crippen LogP contribution >= 0.6 is 27.7 Å². The Morgan fingerprint density at radius 2 is 1.82 bits per heavy atom. The maximum atomic E-state index is 14.9. The van der Waals surface area contributed by atoms with E-state index in [1.54, 1.807) is 38.6 Å². The molecule has 3 saturated heterocycles. The summed E-state index contributed by atoms with van der Waals surface area (Å²) in [7, 11) is 0. The molecule has 2 aromatic carbocycles. The summed E-state index contributed by atoms with van der Waals surface area (Å²) in [5.41, 5.74) is 3.81. The fourth-order valence-electron chi connectivity index (χ4n) is 7.32. The van der Waals surface area contributed by atoms with Crippen molar-refractivity contribution in [3.63, 3.8) is 0 Å². The predicted molar refractivity (Wildman–Crippen MR) is 181 cm³/mol. The van der Waals surface area contributed by atoms with Crippen LogP contribution in [0.25, 0.3) is 0 Å². The number of aryl methyl sites for hydroxylation is 2. The number of carbonyl (C=O) groups is 3. The molecule has 3 aliphatic rings. The van der Waals surface area contributed by atoms with Gasteiger partial charge in [-0.15, -0.1) is 24.9 Å². The first-order valence-corrected chi connectivity index (χ1v) is 17.1. The maximum Gasteiger partial charge on any atom is 0.251 e. The van der Waals surface area contributed by atoms with Gasteiger partial charge in [0.2, 0.25) is 11.8 Å². The van der Waals surface area contributed by atoms with Gasteiger partial charge < -0.3 is 19.8 Å². The Morgan fingerprint density at radius 3 is 2.50 bits per heavy atom. The molecule has 0 aromatic heterocycles. The number of hydrogen-bond donors (Lipinski definition) is 1. The number of hydrogen-bond acceptors (Lipinski definition) is 5. The standard InChI is InChI=1S/C35H42BrN3O4S/c1-5-16-37(22-25-12-8-7-9-13-25)32(41)28-29-33(42)39(18-10-11-19-40)31(35(29)21-26(36)30(28)44-35)34(43)38(17-6-2)27-20-23(3)14-15-24(27)4/h5-9,12-15,20,26,28-31,40H,1-2,10-11,16-19,21-22H2,3-4H3/t26?,28-,29-,30-,31?,35?/m0/s1. The number of rotatable bonds is 13. The lowest BCUT2D eigenvalue weighted by molar-refractivity contribution is -0.144. The van der Waals surface area contributed by atoms with Crippen molar-refractivity contribution in [3.8, 4) is 0 Å². The van der Waals surface area contributed by atoms with Crippen molar-refractivity contribution in [2.45, 2.75) is 60.5 Å². The fraction of sp³-hybridized carbons (Fsp3) is 0.457. The van der Waals surface area contributed by atoms with Crippen LogP contribution in [-0.4, -0.2) is 79.7 Å². The second kappa shape index (κ2) is 13.6. The van der Waals surface area contributed by atoms with Gasteiger partial charge in [-0.25, -0.2) is 0 Å². The van der Waals surface area contributed by atoms with E-state index in [2.05, 4.69) is 29.1 Å². The lowest BCUT2D eigenvalue weighted by Gasteiger charge is -2.38. The second-order valence-corrected chi connectivity index (χ2v) is 14.9. The second-order valence-electron chi connectivity index (χ2n) is 12.1. The van der Waals surface area contributed by atoms with E-state index in [0.29, 0.717) is 45.4 Å². The molecule has 44 heavy (non-hydrogen) atoms. The highest BCUT2D eigenvalue weighted by molar-refractivity contribution is 9.09. The van der Waals surface area contributed by atoms with Crippen LogP contribution in [0.1, 0.15) is 36.0 Å². The van der Waals surface area contributed by atoms with Crippen LogP contribution < -0.4 is 4.90 Å². The summed E-state index contributed by atoms with van der Waals surface area (Å²) in [5, 5.41) is 9.40. The monoisotopic (exact) mass is 679 g/mol. The third kappa shape index (κ3) is 5.79. The first kappa shape index (κ1) is 32.5. The summed E-state index contributed by atoms with van der Waals surface area (Å²) in [5.74, 6) is -1.54. The van der Waals surface area contributed by atoms with Crippen molar-refractivity contribution in [3.05, 3.63) is 90.5 Å². The van der Waals surface area contributed by atoms with Crippen LogP contribution in [-0.2, 0) is 20.9 Å². The summed E-state index contributed by atoms with van der Waals surface area (Å²) in [6, 6.07) is 15.1. The number of amides is 3. The Kier molecular flexibility index (Phi) is 10.1. The molecule has 0 radical (unpaired) electrons. The lowest BCUT2D eigenvalue weighted by atomic mass is 9.70.